The number of rotatable bonds is 10. The zero-order chi connectivity index (χ0) is 21.5. The van der Waals surface area contributed by atoms with E-state index in [9.17, 15) is 4.79 Å². The largest absolute Gasteiger partial charge is 0.497 e. The summed E-state index contributed by atoms with van der Waals surface area (Å²) in [7, 11) is 5.66. The summed E-state index contributed by atoms with van der Waals surface area (Å²) < 4.78 is 7.37. The van der Waals surface area contributed by atoms with Gasteiger partial charge >= 0.3 is 0 Å². The second-order valence-corrected chi connectivity index (χ2v) is 8.77. The maximum atomic E-state index is 12.5. The van der Waals surface area contributed by atoms with Gasteiger partial charge in [0, 0.05) is 13.1 Å². The number of methoxy groups -OCH3 is 1. The lowest BCUT2D eigenvalue weighted by atomic mass is 10.1. The van der Waals surface area contributed by atoms with Crippen LogP contribution in [0.15, 0.2) is 46.9 Å². The van der Waals surface area contributed by atoms with E-state index in [0.29, 0.717) is 12.3 Å². The molecular weight excluding hydrogens is 418 g/mol. The number of hydrogen-bond donors (Lipinski definition) is 1. The molecule has 0 aliphatic carbocycles. The van der Waals surface area contributed by atoms with Crippen molar-refractivity contribution in [1.82, 2.24) is 25.0 Å². The Balaban J connectivity index is 1.59. The number of nitrogens with one attached hydrogen (secondary N) is 1. The molecule has 0 radical (unpaired) electrons. The highest BCUT2D eigenvalue weighted by molar-refractivity contribution is 7.99. The lowest BCUT2D eigenvalue weighted by Crippen LogP contribution is -2.35. The van der Waals surface area contributed by atoms with E-state index in [2.05, 4.69) is 27.3 Å². The summed E-state index contributed by atoms with van der Waals surface area (Å²) in [4.78, 5) is 15.7. The van der Waals surface area contributed by atoms with Crippen LogP contribution >= 0.6 is 23.1 Å². The molecule has 0 aliphatic rings. The number of likely N-dealkylation sites (N-methyl/N-ethyl adjacent to an activating group) is 1. The summed E-state index contributed by atoms with van der Waals surface area (Å²) in [5.74, 6) is 1.92. The van der Waals surface area contributed by atoms with E-state index in [4.69, 9.17) is 4.74 Å². The Morgan fingerprint density at radius 3 is 2.80 bits per heavy atom. The number of thiophene rings is 1. The van der Waals surface area contributed by atoms with Gasteiger partial charge in [-0.15, -0.1) is 21.5 Å². The predicted molar refractivity (Wildman–Crippen MR) is 122 cm³/mol. The summed E-state index contributed by atoms with van der Waals surface area (Å²) >= 11 is 3.04. The molecule has 7 nitrogen and oxygen atoms in total. The van der Waals surface area contributed by atoms with E-state index in [0.717, 1.165) is 33.7 Å². The number of nitrogens with zero attached hydrogens (tertiary/aromatic N) is 4. The third-order valence-corrected chi connectivity index (χ3v) is 6.53. The van der Waals surface area contributed by atoms with Gasteiger partial charge in [-0.2, -0.15) is 0 Å². The summed E-state index contributed by atoms with van der Waals surface area (Å²) in [6, 6.07) is 12.0. The summed E-state index contributed by atoms with van der Waals surface area (Å²) in [5.41, 5.74) is 1.10. The van der Waals surface area contributed by atoms with Crippen molar-refractivity contribution >= 4 is 29.0 Å². The van der Waals surface area contributed by atoms with E-state index in [1.165, 1.54) is 11.8 Å². The van der Waals surface area contributed by atoms with Gasteiger partial charge in [0.2, 0.25) is 5.91 Å². The van der Waals surface area contributed by atoms with Gasteiger partial charge in [-0.05, 0) is 50.2 Å². The van der Waals surface area contributed by atoms with E-state index < -0.39 is 0 Å². The Hall–Kier alpha value is -2.36. The molecule has 1 amide bonds. The van der Waals surface area contributed by atoms with Crippen molar-refractivity contribution in [3.05, 3.63) is 47.3 Å². The fourth-order valence-electron chi connectivity index (χ4n) is 3.11. The lowest BCUT2D eigenvalue weighted by molar-refractivity contribution is -0.118. The SMILES string of the molecule is CCn1c(SCC(=O)NCC(c2cccc(OC)c2)N(C)C)nnc1-c1cccs1. The van der Waals surface area contributed by atoms with Gasteiger partial charge in [-0.25, -0.2) is 0 Å². The second kappa shape index (κ2) is 10.6. The molecule has 1 atom stereocenters. The van der Waals surface area contributed by atoms with E-state index in [1.807, 2.05) is 60.4 Å². The molecule has 0 bridgehead atoms. The van der Waals surface area contributed by atoms with Crippen LogP contribution in [0.2, 0.25) is 0 Å². The first-order chi connectivity index (χ1) is 14.5. The third kappa shape index (κ3) is 5.41. The average molecular weight is 446 g/mol. The van der Waals surface area contributed by atoms with Gasteiger partial charge in [0.1, 0.15) is 5.75 Å². The molecule has 1 aromatic carbocycles. The van der Waals surface area contributed by atoms with E-state index >= 15 is 0 Å². The predicted octanol–water partition coefficient (Wildman–Crippen LogP) is 3.55. The van der Waals surface area contributed by atoms with Crippen LogP contribution in [0.5, 0.6) is 5.75 Å². The van der Waals surface area contributed by atoms with Crippen LogP contribution < -0.4 is 10.1 Å². The van der Waals surface area contributed by atoms with Crippen LogP contribution in [0.3, 0.4) is 0 Å². The fraction of sp³-hybridized carbons (Fsp3) is 0.381. The van der Waals surface area contributed by atoms with Crippen molar-refractivity contribution < 1.29 is 9.53 Å². The summed E-state index contributed by atoms with van der Waals surface area (Å²) in [6.07, 6.45) is 0. The average Bonchev–Trinajstić information content (AvgIpc) is 3.41. The number of benzene rings is 1. The maximum absolute atomic E-state index is 12.5. The number of amides is 1. The fourth-order valence-corrected chi connectivity index (χ4v) is 4.66. The minimum atomic E-state index is -0.0296. The molecule has 30 heavy (non-hydrogen) atoms. The van der Waals surface area contributed by atoms with Crippen molar-refractivity contribution in [3.63, 3.8) is 0 Å². The minimum absolute atomic E-state index is 0.0296. The van der Waals surface area contributed by atoms with Crippen LogP contribution in [0.4, 0.5) is 0 Å². The Morgan fingerprint density at radius 2 is 2.13 bits per heavy atom. The zero-order valence-corrected chi connectivity index (χ0v) is 19.3. The number of thioether (sulfide) groups is 1. The highest BCUT2D eigenvalue weighted by Crippen LogP contribution is 2.27. The van der Waals surface area contributed by atoms with Gasteiger partial charge in [0.05, 0.1) is 23.8 Å². The second-order valence-electron chi connectivity index (χ2n) is 6.88. The van der Waals surface area contributed by atoms with E-state index in [1.54, 1.807) is 18.4 Å². The number of hydrogen-bond acceptors (Lipinski definition) is 7. The molecule has 2 heterocycles. The number of carbonyl (C=O) groups is 1. The smallest absolute Gasteiger partial charge is 0.230 e. The molecule has 1 N–H and O–H groups in total. The van der Waals surface area contributed by atoms with Gasteiger partial charge in [-0.1, -0.05) is 30.0 Å². The van der Waals surface area contributed by atoms with Crippen molar-refractivity contribution in [3.8, 4) is 16.5 Å². The summed E-state index contributed by atoms with van der Waals surface area (Å²) in [5, 5.41) is 14.4. The third-order valence-electron chi connectivity index (χ3n) is 4.70. The molecule has 2 aromatic heterocycles. The Kier molecular flexibility index (Phi) is 7.89. The van der Waals surface area contributed by atoms with Crippen LogP contribution in [0.1, 0.15) is 18.5 Å². The van der Waals surface area contributed by atoms with Crippen LogP contribution in [0.25, 0.3) is 10.7 Å². The molecule has 3 aromatic rings. The van der Waals surface area contributed by atoms with Crippen LogP contribution in [0, 0.1) is 0 Å². The zero-order valence-electron chi connectivity index (χ0n) is 17.7. The first-order valence-corrected chi connectivity index (χ1v) is 11.6. The minimum Gasteiger partial charge on any atom is -0.497 e. The van der Waals surface area contributed by atoms with Gasteiger partial charge in [-0.3, -0.25) is 4.79 Å². The van der Waals surface area contributed by atoms with Crippen molar-refractivity contribution in [2.45, 2.75) is 24.7 Å². The van der Waals surface area contributed by atoms with Gasteiger partial charge in [0.25, 0.3) is 0 Å². The van der Waals surface area contributed by atoms with E-state index in [-0.39, 0.29) is 11.9 Å². The van der Waals surface area contributed by atoms with Crippen LogP contribution in [-0.2, 0) is 11.3 Å². The first-order valence-electron chi connectivity index (χ1n) is 9.70. The molecule has 1 unspecified atom stereocenters. The molecular formula is C21H27N5O2S2. The molecule has 160 valence electrons. The number of ether oxygens (including phenoxy) is 1. The standard InChI is InChI=1S/C21H27N5O2S2/c1-5-26-20(18-10-7-11-29-18)23-24-21(26)30-14-19(27)22-13-17(25(2)3)15-8-6-9-16(12-15)28-4/h6-12,17H,5,13-14H2,1-4H3,(H,22,27). The Labute approximate surface area is 185 Å². The van der Waals surface area contributed by atoms with Crippen molar-refractivity contribution in [2.24, 2.45) is 0 Å². The number of aromatic nitrogens is 3. The molecule has 0 saturated carbocycles. The Morgan fingerprint density at radius 1 is 1.30 bits per heavy atom. The Bertz CT molecular complexity index is 956. The highest BCUT2D eigenvalue weighted by Gasteiger charge is 2.18. The highest BCUT2D eigenvalue weighted by atomic mass is 32.2. The molecule has 0 fully saturated rings. The van der Waals surface area contributed by atoms with Gasteiger partial charge in [0.15, 0.2) is 11.0 Å². The summed E-state index contributed by atoms with van der Waals surface area (Å²) in [6.45, 7) is 3.32. The quantitative estimate of drug-likeness (QED) is 0.481. The monoisotopic (exact) mass is 445 g/mol. The number of carbonyl (C=O) groups excluding carboxylic acids is 1. The topological polar surface area (TPSA) is 72.3 Å². The lowest BCUT2D eigenvalue weighted by Gasteiger charge is -2.25. The molecule has 0 saturated heterocycles. The van der Waals surface area contributed by atoms with Crippen LogP contribution in [-0.4, -0.2) is 59.1 Å². The normalized spacial score (nSPS) is 12.2. The van der Waals surface area contributed by atoms with Crippen molar-refractivity contribution in [1.29, 1.82) is 0 Å². The molecule has 0 aliphatic heterocycles. The van der Waals surface area contributed by atoms with Crippen molar-refractivity contribution in [2.75, 3.05) is 33.5 Å². The maximum Gasteiger partial charge on any atom is 0.230 e. The molecule has 3 rings (SSSR count). The molecule has 0 spiro atoms. The first kappa shape index (κ1) is 22.3. The van der Waals surface area contributed by atoms with Gasteiger partial charge < -0.3 is 19.5 Å². The molecule has 9 heteroatoms.